The minimum absolute atomic E-state index is 0.0300. The van der Waals surface area contributed by atoms with Crippen molar-refractivity contribution in [3.8, 4) is 0 Å². The van der Waals surface area contributed by atoms with E-state index in [0.29, 0.717) is 23.5 Å². The lowest BCUT2D eigenvalue weighted by Crippen LogP contribution is -2.48. The topological polar surface area (TPSA) is 110 Å². The number of aromatic nitrogens is 2. The molecule has 0 spiro atoms. The lowest BCUT2D eigenvalue weighted by molar-refractivity contribution is 0.0889. The molecule has 9 heteroatoms. The van der Waals surface area contributed by atoms with Crippen LogP contribution in [0.5, 0.6) is 0 Å². The lowest BCUT2D eigenvalue weighted by atomic mass is 10.1. The van der Waals surface area contributed by atoms with Crippen LogP contribution >= 0.6 is 11.3 Å². The molecule has 0 saturated heterocycles. The molecular weight excluding hydrogens is 438 g/mol. The molecule has 8 nitrogen and oxygen atoms in total. The number of nitrogens with zero attached hydrogens (tertiary/aromatic N) is 2. The fourth-order valence-electron chi connectivity index (χ4n) is 4.88. The summed E-state index contributed by atoms with van der Waals surface area (Å²) in [5.41, 5.74) is 3.55. The molecule has 3 heterocycles. The molecule has 1 aliphatic heterocycles. The molecule has 1 fully saturated rings. The smallest absolute Gasteiger partial charge is 0.280 e. The third-order valence-corrected chi connectivity index (χ3v) is 7.77. The highest BCUT2D eigenvalue weighted by Crippen LogP contribution is 2.28. The first-order valence-corrected chi connectivity index (χ1v) is 12.2. The molecule has 1 saturated carbocycles. The second-order valence-electron chi connectivity index (χ2n) is 9.33. The monoisotopic (exact) mass is 467 g/mol. The number of aryl methyl sites for hydroxylation is 1. The zero-order chi connectivity index (χ0) is 23.1. The van der Waals surface area contributed by atoms with Gasteiger partial charge in [0.25, 0.3) is 11.8 Å². The summed E-state index contributed by atoms with van der Waals surface area (Å²) in [6, 6.07) is 7.34. The maximum absolute atomic E-state index is 13.0. The van der Waals surface area contributed by atoms with Gasteiger partial charge in [0, 0.05) is 54.0 Å². The molecule has 5 rings (SSSR count). The molecule has 0 bridgehead atoms. The fourth-order valence-corrected chi connectivity index (χ4v) is 5.97. The molecule has 33 heavy (non-hydrogen) atoms. The van der Waals surface area contributed by atoms with Crippen molar-refractivity contribution in [3.05, 3.63) is 51.1 Å². The minimum atomic E-state index is -0.257. The Morgan fingerprint density at radius 3 is 2.73 bits per heavy atom. The van der Waals surface area contributed by atoms with E-state index in [1.54, 1.807) is 0 Å². The van der Waals surface area contributed by atoms with Gasteiger partial charge in [0.05, 0.1) is 5.69 Å². The molecule has 1 aromatic carbocycles. The van der Waals surface area contributed by atoms with Gasteiger partial charge in [-0.2, -0.15) is 0 Å². The van der Waals surface area contributed by atoms with Crippen LogP contribution in [0.2, 0.25) is 0 Å². The Labute approximate surface area is 196 Å². The van der Waals surface area contributed by atoms with Crippen molar-refractivity contribution in [2.75, 3.05) is 20.2 Å². The summed E-state index contributed by atoms with van der Waals surface area (Å²) in [5, 5.41) is 17.3. The maximum Gasteiger partial charge on any atom is 0.280 e. The average Bonchev–Trinajstić information content (AvgIpc) is 3.49. The van der Waals surface area contributed by atoms with Gasteiger partial charge in [0.1, 0.15) is 5.69 Å². The summed E-state index contributed by atoms with van der Waals surface area (Å²) in [6.45, 7) is 3.81. The van der Waals surface area contributed by atoms with Crippen molar-refractivity contribution in [1.82, 2.24) is 25.5 Å². The standard InChI is InChI=1S/C24H29N5O3S/c1-13-3-4-16-15(7-13)10-20(25-16)22(31)26-18-8-14(12-30)9-19(18)27-23(32)24-28-17-5-6-29(2)11-21(17)33-24/h3-4,7,10,14,18-19,25,30H,5-6,8-9,11-12H2,1-2H3,(H,26,31)(H,27,32)/t14?,18-,19-/m1/s1. The number of nitrogens with one attached hydrogen (secondary N) is 3. The van der Waals surface area contributed by atoms with E-state index in [9.17, 15) is 14.7 Å². The predicted molar refractivity (Wildman–Crippen MR) is 128 cm³/mol. The number of aromatic amines is 1. The first-order chi connectivity index (χ1) is 15.9. The number of carbonyl (C=O) groups excluding carboxylic acids is 2. The zero-order valence-electron chi connectivity index (χ0n) is 18.9. The van der Waals surface area contributed by atoms with Gasteiger partial charge < -0.3 is 25.6 Å². The first-order valence-electron chi connectivity index (χ1n) is 11.4. The Hall–Kier alpha value is -2.75. The third kappa shape index (κ3) is 4.53. The van der Waals surface area contributed by atoms with E-state index in [1.807, 2.05) is 31.2 Å². The number of benzene rings is 1. The quantitative estimate of drug-likeness (QED) is 0.460. The molecule has 3 atom stereocenters. The highest BCUT2D eigenvalue weighted by Gasteiger charge is 2.37. The molecule has 4 N–H and O–H groups in total. The molecule has 0 radical (unpaired) electrons. The van der Waals surface area contributed by atoms with Crippen LogP contribution < -0.4 is 10.6 Å². The highest BCUT2D eigenvalue weighted by atomic mass is 32.1. The summed E-state index contributed by atoms with van der Waals surface area (Å²) < 4.78 is 0. The fraction of sp³-hybridized carbons (Fsp3) is 0.458. The van der Waals surface area contributed by atoms with E-state index >= 15 is 0 Å². The average molecular weight is 468 g/mol. The molecule has 1 unspecified atom stereocenters. The van der Waals surface area contributed by atoms with Crippen molar-refractivity contribution in [1.29, 1.82) is 0 Å². The second kappa shape index (κ2) is 8.89. The molecule has 2 aliphatic rings. The van der Waals surface area contributed by atoms with Crippen molar-refractivity contribution in [3.63, 3.8) is 0 Å². The molecular formula is C24H29N5O3S. The lowest BCUT2D eigenvalue weighted by Gasteiger charge is -2.21. The van der Waals surface area contributed by atoms with Gasteiger partial charge in [-0.3, -0.25) is 9.59 Å². The number of rotatable bonds is 5. The largest absolute Gasteiger partial charge is 0.396 e. The Morgan fingerprint density at radius 1 is 1.21 bits per heavy atom. The van der Waals surface area contributed by atoms with Gasteiger partial charge in [-0.1, -0.05) is 11.6 Å². The van der Waals surface area contributed by atoms with Crippen LogP contribution in [-0.4, -0.2) is 64.1 Å². The van der Waals surface area contributed by atoms with E-state index < -0.39 is 0 Å². The minimum Gasteiger partial charge on any atom is -0.396 e. The number of thiazole rings is 1. The molecule has 1 aliphatic carbocycles. The van der Waals surface area contributed by atoms with E-state index in [-0.39, 0.29) is 36.4 Å². The van der Waals surface area contributed by atoms with Crippen LogP contribution in [0.15, 0.2) is 24.3 Å². The van der Waals surface area contributed by atoms with Crippen molar-refractivity contribution < 1.29 is 14.7 Å². The number of amides is 2. The van der Waals surface area contributed by atoms with E-state index in [1.165, 1.54) is 11.3 Å². The Bertz CT molecular complexity index is 1200. The van der Waals surface area contributed by atoms with Gasteiger partial charge in [-0.05, 0) is 50.9 Å². The Balaban J connectivity index is 1.29. The summed E-state index contributed by atoms with van der Waals surface area (Å²) >= 11 is 1.45. The second-order valence-corrected chi connectivity index (χ2v) is 10.4. The number of hydrogen-bond acceptors (Lipinski definition) is 6. The molecule has 3 aromatic rings. The Kier molecular flexibility index (Phi) is 5.94. The van der Waals surface area contributed by atoms with Gasteiger partial charge in [0.2, 0.25) is 0 Å². The third-order valence-electron chi connectivity index (χ3n) is 6.69. The van der Waals surface area contributed by atoms with Gasteiger partial charge >= 0.3 is 0 Å². The number of aliphatic hydroxyl groups is 1. The van der Waals surface area contributed by atoms with Gasteiger partial charge in [0.15, 0.2) is 5.01 Å². The maximum atomic E-state index is 13.0. The summed E-state index contributed by atoms with van der Waals surface area (Å²) in [5.74, 6) is -0.385. The van der Waals surface area contributed by atoms with Crippen LogP contribution in [0, 0.1) is 12.8 Å². The molecule has 174 valence electrons. The van der Waals surface area contributed by atoms with Gasteiger partial charge in [-0.25, -0.2) is 4.98 Å². The summed E-state index contributed by atoms with van der Waals surface area (Å²) in [6.07, 6.45) is 2.09. The summed E-state index contributed by atoms with van der Waals surface area (Å²) in [4.78, 5) is 37.1. The number of fused-ring (bicyclic) bond motifs is 2. The van der Waals surface area contributed by atoms with Gasteiger partial charge in [-0.15, -0.1) is 11.3 Å². The zero-order valence-corrected chi connectivity index (χ0v) is 19.7. The van der Waals surface area contributed by atoms with Crippen molar-refractivity contribution in [2.24, 2.45) is 5.92 Å². The number of carbonyl (C=O) groups is 2. The first kappa shape index (κ1) is 22.1. The van der Waals surface area contributed by atoms with Crippen LogP contribution in [0.3, 0.4) is 0 Å². The van der Waals surface area contributed by atoms with Crippen molar-refractivity contribution >= 4 is 34.1 Å². The number of H-pyrrole nitrogens is 1. The number of aliphatic hydroxyl groups excluding tert-OH is 1. The van der Waals surface area contributed by atoms with E-state index in [4.69, 9.17) is 0 Å². The highest BCUT2D eigenvalue weighted by molar-refractivity contribution is 7.13. The van der Waals surface area contributed by atoms with E-state index in [0.717, 1.165) is 46.5 Å². The van der Waals surface area contributed by atoms with Crippen LogP contribution in [-0.2, 0) is 13.0 Å². The van der Waals surface area contributed by atoms with Crippen LogP contribution in [0.25, 0.3) is 10.9 Å². The molecule has 2 amide bonds. The van der Waals surface area contributed by atoms with Crippen LogP contribution in [0.1, 0.15) is 49.3 Å². The van der Waals surface area contributed by atoms with Crippen molar-refractivity contribution in [2.45, 2.75) is 44.8 Å². The normalized spacial score (nSPS) is 22.9. The van der Waals surface area contributed by atoms with Crippen LogP contribution in [0.4, 0.5) is 0 Å². The predicted octanol–water partition coefficient (Wildman–Crippen LogP) is 2.22. The number of hydrogen-bond donors (Lipinski definition) is 4. The SMILES string of the molecule is Cc1ccc2[nH]c(C(=O)N[C@@H]3CC(CO)C[C@H]3NC(=O)c3nc4c(s3)CN(C)CC4)cc2c1. The summed E-state index contributed by atoms with van der Waals surface area (Å²) in [7, 11) is 2.07. The Morgan fingerprint density at radius 2 is 1.97 bits per heavy atom. The number of likely N-dealkylation sites (N-methyl/N-ethyl adjacent to an activating group) is 1. The van der Waals surface area contributed by atoms with E-state index in [2.05, 4.69) is 32.5 Å². The molecule has 2 aromatic heterocycles.